The molecule has 0 radical (unpaired) electrons. The lowest BCUT2D eigenvalue weighted by atomic mass is 9.98. The lowest BCUT2D eigenvalue weighted by Crippen LogP contribution is -2.53. The second-order valence-electron chi connectivity index (χ2n) is 5.37. The maximum absolute atomic E-state index is 12.0. The molecule has 0 unspecified atom stereocenters. The van der Waals surface area contributed by atoms with Gasteiger partial charge < -0.3 is 10.6 Å². The van der Waals surface area contributed by atoms with Gasteiger partial charge in [0.2, 0.25) is 5.91 Å². The Labute approximate surface area is 93.0 Å². The van der Waals surface area contributed by atoms with Gasteiger partial charge in [-0.1, -0.05) is 13.8 Å². The molecule has 3 heteroatoms. The summed E-state index contributed by atoms with van der Waals surface area (Å²) in [7, 11) is 0. The van der Waals surface area contributed by atoms with E-state index in [0.717, 1.165) is 25.8 Å². The van der Waals surface area contributed by atoms with Crippen LogP contribution in [-0.4, -0.2) is 24.0 Å². The van der Waals surface area contributed by atoms with E-state index in [1.807, 2.05) is 6.92 Å². The smallest absolute Gasteiger partial charge is 0.240 e. The highest BCUT2D eigenvalue weighted by Crippen LogP contribution is 2.19. The molecule has 1 rings (SSSR count). The predicted octanol–water partition coefficient (Wildman–Crippen LogP) is 1.68. The summed E-state index contributed by atoms with van der Waals surface area (Å²) in [6, 6.07) is 0.275. The summed E-state index contributed by atoms with van der Waals surface area (Å²) in [5.74, 6) is 0.790. The van der Waals surface area contributed by atoms with Crippen LogP contribution in [0.3, 0.4) is 0 Å². The topological polar surface area (TPSA) is 41.1 Å². The lowest BCUT2D eigenvalue weighted by molar-refractivity contribution is -0.127. The first-order valence-corrected chi connectivity index (χ1v) is 6.00. The summed E-state index contributed by atoms with van der Waals surface area (Å²) in [4.78, 5) is 12.0. The summed E-state index contributed by atoms with van der Waals surface area (Å²) in [5.41, 5.74) is -0.328. The SMILES string of the molecule is CC(C)C[C@@H](C)NC(=O)[C@]1(C)CCCN1. The van der Waals surface area contributed by atoms with Gasteiger partial charge in [0.15, 0.2) is 0 Å². The van der Waals surface area contributed by atoms with Crippen LogP contribution in [0, 0.1) is 5.92 Å². The first-order chi connectivity index (χ1) is 6.94. The number of hydrogen-bond acceptors (Lipinski definition) is 2. The highest BCUT2D eigenvalue weighted by Gasteiger charge is 2.36. The van der Waals surface area contributed by atoms with E-state index in [-0.39, 0.29) is 17.5 Å². The molecular formula is C12H24N2O. The van der Waals surface area contributed by atoms with E-state index in [9.17, 15) is 4.79 Å². The number of rotatable bonds is 4. The zero-order chi connectivity index (χ0) is 11.5. The molecule has 2 atom stereocenters. The van der Waals surface area contributed by atoms with Gasteiger partial charge in [-0.15, -0.1) is 0 Å². The molecule has 0 aromatic heterocycles. The Morgan fingerprint density at radius 2 is 2.13 bits per heavy atom. The van der Waals surface area contributed by atoms with Crippen LogP contribution >= 0.6 is 0 Å². The van der Waals surface area contributed by atoms with E-state index in [1.54, 1.807) is 0 Å². The maximum Gasteiger partial charge on any atom is 0.240 e. The van der Waals surface area contributed by atoms with E-state index in [4.69, 9.17) is 0 Å². The normalized spacial score (nSPS) is 28.1. The molecule has 1 aliphatic rings. The van der Waals surface area contributed by atoms with Crippen molar-refractivity contribution in [2.24, 2.45) is 5.92 Å². The number of nitrogens with one attached hydrogen (secondary N) is 2. The predicted molar refractivity (Wildman–Crippen MR) is 62.7 cm³/mol. The van der Waals surface area contributed by atoms with Gasteiger partial charge in [-0.3, -0.25) is 4.79 Å². The molecule has 0 aliphatic carbocycles. The molecule has 1 heterocycles. The molecule has 0 spiro atoms. The van der Waals surface area contributed by atoms with Crippen molar-refractivity contribution in [3.05, 3.63) is 0 Å². The standard InChI is InChI=1S/C12H24N2O/c1-9(2)8-10(3)14-11(15)12(4)6-5-7-13-12/h9-10,13H,5-8H2,1-4H3,(H,14,15)/t10-,12+/m1/s1. The van der Waals surface area contributed by atoms with Crippen molar-refractivity contribution in [3.8, 4) is 0 Å². The molecule has 0 bridgehead atoms. The molecule has 0 aromatic rings. The third kappa shape index (κ3) is 3.49. The molecule has 15 heavy (non-hydrogen) atoms. The van der Waals surface area contributed by atoms with E-state index in [1.165, 1.54) is 0 Å². The van der Waals surface area contributed by atoms with Crippen molar-refractivity contribution in [2.75, 3.05) is 6.54 Å². The third-order valence-corrected chi connectivity index (χ3v) is 3.07. The minimum absolute atomic E-state index is 0.160. The van der Waals surface area contributed by atoms with Crippen molar-refractivity contribution in [3.63, 3.8) is 0 Å². The Balaban J connectivity index is 2.40. The van der Waals surface area contributed by atoms with E-state index in [0.29, 0.717) is 5.92 Å². The summed E-state index contributed by atoms with van der Waals surface area (Å²) in [5, 5.41) is 6.37. The van der Waals surface area contributed by atoms with Gasteiger partial charge in [0.25, 0.3) is 0 Å². The molecule has 3 nitrogen and oxygen atoms in total. The third-order valence-electron chi connectivity index (χ3n) is 3.07. The largest absolute Gasteiger partial charge is 0.352 e. The Morgan fingerprint density at radius 1 is 1.47 bits per heavy atom. The van der Waals surface area contributed by atoms with E-state index < -0.39 is 0 Å². The van der Waals surface area contributed by atoms with Crippen LogP contribution in [-0.2, 0) is 4.79 Å². The average molecular weight is 212 g/mol. The lowest BCUT2D eigenvalue weighted by Gasteiger charge is -2.26. The van der Waals surface area contributed by atoms with Crippen LogP contribution in [0.5, 0.6) is 0 Å². The Bertz CT molecular complexity index is 220. The molecule has 88 valence electrons. The van der Waals surface area contributed by atoms with Crippen molar-refractivity contribution >= 4 is 5.91 Å². The molecule has 1 amide bonds. The van der Waals surface area contributed by atoms with E-state index in [2.05, 4.69) is 31.4 Å². The summed E-state index contributed by atoms with van der Waals surface area (Å²) in [6.45, 7) is 9.40. The van der Waals surface area contributed by atoms with Gasteiger partial charge in [-0.2, -0.15) is 0 Å². The van der Waals surface area contributed by atoms with Crippen molar-refractivity contribution in [1.82, 2.24) is 10.6 Å². The van der Waals surface area contributed by atoms with Gasteiger partial charge in [0.1, 0.15) is 0 Å². The second-order valence-corrected chi connectivity index (χ2v) is 5.37. The van der Waals surface area contributed by atoms with Gasteiger partial charge >= 0.3 is 0 Å². The number of amides is 1. The van der Waals surface area contributed by atoms with Crippen molar-refractivity contribution in [1.29, 1.82) is 0 Å². The molecule has 0 aromatic carbocycles. The Morgan fingerprint density at radius 3 is 2.60 bits per heavy atom. The highest BCUT2D eigenvalue weighted by molar-refractivity contribution is 5.86. The summed E-state index contributed by atoms with van der Waals surface area (Å²) in [6.07, 6.45) is 3.09. The summed E-state index contributed by atoms with van der Waals surface area (Å²) >= 11 is 0. The molecule has 2 N–H and O–H groups in total. The monoisotopic (exact) mass is 212 g/mol. The fraction of sp³-hybridized carbons (Fsp3) is 0.917. The average Bonchev–Trinajstić information content (AvgIpc) is 2.51. The van der Waals surface area contributed by atoms with Gasteiger partial charge in [0.05, 0.1) is 5.54 Å². The maximum atomic E-state index is 12.0. The number of carbonyl (C=O) groups is 1. The number of hydrogen-bond donors (Lipinski definition) is 2. The van der Waals surface area contributed by atoms with E-state index >= 15 is 0 Å². The van der Waals surface area contributed by atoms with Crippen LogP contribution in [0.2, 0.25) is 0 Å². The fourth-order valence-corrected chi connectivity index (χ4v) is 2.24. The minimum atomic E-state index is -0.328. The first kappa shape index (κ1) is 12.5. The van der Waals surface area contributed by atoms with Crippen molar-refractivity contribution in [2.45, 2.75) is 58.5 Å². The first-order valence-electron chi connectivity index (χ1n) is 6.00. The van der Waals surface area contributed by atoms with Gasteiger partial charge in [-0.25, -0.2) is 0 Å². The van der Waals surface area contributed by atoms with Gasteiger partial charge in [0, 0.05) is 6.04 Å². The Kier molecular flexibility index (Phi) is 4.14. The van der Waals surface area contributed by atoms with Crippen LogP contribution in [0.1, 0.15) is 47.0 Å². The molecule has 1 aliphatic heterocycles. The zero-order valence-electron chi connectivity index (χ0n) is 10.4. The highest BCUT2D eigenvalue weighted by atomic mass is 16.2. The van der Waals surface area contributed by atoms with Gasteiger partial charge in [-0.05, 0) is 45.6 Å². The van der Waals surface area contributed by atoms with Crippen molar-refractivity contribution < 1.29 is 4.79 Å². The molecule has 0 saturated carbocycles. The molecule has 1 fully saturated rings. The minimum Gasteiger partial charge on any atom is -0.352 e. The van der Waals surface area contributed by atoms with Crippen LogP contribution in [0.25, 0.3) is 0 Å². The molecule has 1 saturated heterocycles. The summed E-state index contributed by atoms with van der Waals surface area (Å²) < 4.78 is 0. The van der Waals surface area contributed by atoms with Crippen LogP contribution in [0.15, 0.2) is 0 Å². The molecular weight excluding hydrogens is 188 g/mol. The second kappa shape index (κ2) is 4.97. The fourth-order valence-electron chi connectivity index (χ4n) is 2.24. The number of carbonyl (C=O) groups excluding carboxylic acids is 1. The zero-order valence-corrected chi connectivity index (χ0v) is 10.4. The quantitative estimate of drug-likeness (QED) is 0.744. The Hall–Kier alpha value is -0.570. The van der Waals surface area contributed by atoms with Crippen LogP contribution in [0.4, 0.5) is 0 Å². The van der Waals surface area contributed by atoms with Crippen LogP contribution < -0.4 is 10.6 Å².